The summed E-state index contributed by atoms with van der Waals surface area (Å²) in [6.07, 6.45) is 1.65. The number of rotatable bonds is 7. The number of sulfone groups is 1. The Morgan fingerprint density at radius 1 is 1.16 bits per heavy atom. The van der Waals surface area contributed by atoms with Crippen LogP contribution in [0.4, 0.5) is 0 Å². The van der Waals surface area contributed by atoms with Gasteiger partial charge in [-0.1, -0.05) is 45.8 Å². The van der Waals surface area contributed by atoms with Crippen molar-refractivity contribution in [3.8, 4) is 0 Å². The van der Waals surface area contributed by atoms with E-state index in [1.54, 1.807) is 13.8 Å². The molecule has 0 saturated carbocycles. The highest BCUT2D eigenvalue weighted by Crippen LogP contribution is 2.17. The van der Waals surface area contributed by atoms with Crippen LogP contribution in [0.2, 0.25) is 0 Å². The van der Waals surface area contributed by atoms with Crippen molar-refractivity contribution in [3.05, 3.63) is 35.4 Å². The normalized spacial score (nSPS) is 13.7. The Morgan fingerprint density at radius 3 is 2.21 bits per heavy atom. The third-order valence-corrected chi connectivity index (χ3v) is 6.55. The van der Waals surface area contributed by atoms with Gasteiger partial charge in [0.25, 0.3) is 0 Å². The van der Waals surface area contributed by atoms with Crippen molar-refractivity contribution in [1.82, 2.24) is 0 Å². The van der Waals surface area contributed by atoms with E-state index in [-0.39, 0.29) is 11.0 Å². The molecule has 0 amide bonds. The molecule has 0 aliphatic carbocycles. The van der Waals surface area contributed by atoms with Crippen LogP contribution in [-0.4, -0.2) is 24.8 Å². The van der Waals surface area contributed by atoms with Crippen LogP contribution in [0.15, 0.2) is 24.3 Å². The molecule has 0 saturated heterocycles. The fourth-order valence-electron chi connectivity index (χ4n) is 1.86. The Kier molecular flexibility index (Phi) is 6.54. The van der Waals surface area contributed by atoms with Gasteiger partial charge in [-0.3, -0.25) is 0 Å². The summed E-state index contributed by atoms with van der Waals surface area (Å²) < 4.78 is 23.7. The molecule has 1 atom stereocenters. The standard InChI is InChI=1S/C15H23BrO2S/c1-12(2)19(17,18)9-8-15(11-16)10-14-6-4-13(3)5-7-14/h4-7,12,15H,8-11H2,1-3H3. The largest absolute Gasteiger partial charge is 0.229 e. The molecule has 1 aromatic rings. The summed E-state index contributed by atoms with van der Waals surface area (Å²) >= 11 is 3.50. The quantitative estimate of drug-likeness (QED) is 0.704. The van der Waals surface area contributed by atoms with Crippen LogP contribution in [0.5, 0.6) is 0 Å². The molecule has 0 aliphatic heterocycles. The van der Waals surface area contributed by atoms with E-state index >= 15 is 0 Å². The van der Waals surface area contributed by atoms with Crippen molar-refractivity contribution in [2.45, 2.75) is 38.9 Å². The van der Waals surface area contributed by atoms with E-state index in [0.29, 0.717) is 5.92 Å². The van der Waals surface area contributed by atoms with Crippen molar-refractivity contribution in [2.24, 2.45) is 5.92 Å². The van der Waals surface area contributed by atoms with E-state index in [1.807, 2.05) is 0 Å². The van der Waals surface area contributed by atoms with E-state index in [2.05, 4.69) is 47.1 Å². The first kappa shape index (κ1) is 16.7. The summed E-state index contributed by atoms with van der Waals surface area (Å²) in [4.78, 5) is 0. The van der Waals surface area contributed by atoms with E-state index in [9.17, 15) is 8.42 Å². The van der Waals surface area contributed by atoms with Crippen LogP contribution in [0.25, 0.3) is 0 Å². The molecular formula is C15H23BrO2S. The Bertz CT molecular complexity index is 477. The number of alkyl halides is 1. The molecular weight excluding hydrogens is 324 g/mol. The number of hydrogen-bond acceptors (Lipinski definition) is 2. The van der Waals surface area contributed by atoms with Gasteiger partial charge in [0.2, 0.25) is 0 Å². The van der Waals surface area contributed by atoms with Gasteiger partial charge >= 0.3 is 0 Å². The third kappa shape index (κ3) is 5.65. The molecule has 0 aromatic heterocycles. The lowest BCUT2D eigenvalue weighted by Crippen LogP contribution is -2.21. The fourth-order valence-corrected chi connectivity index (χ4v) is 3.54. The van der Waals surface area contributed by atoms with Gasteiger partial charge in [-0.2, -0.15) is 0 Å². The van der Waals surface area contributed by atoms with Crippen molar-refractivity contribution < 1.29 is 8.42 Å². The lowest BCUT2D eigenvalue weighted by Gasteiger charge is -2.15. The smallest absolute Gasteiger partial charge is 0.152 e. The molecule has 0 bridgehead atoms. The zero-order valence-electron chi connectivity index (χ0n) is 11.9. The molecule has 2 nitrogen and oxygen atoms in total. The molecule has 1 unspecified atom stereocenters. The van der Waals surface area contributed by atoms with Gasteiger partial charge in [-0.25, -0.2) is 8.42 Å². The summed E-state index contributed by atoms with van der Waals surface area (Å²) in [5.74, 6) is 0.656. The molecule has 0 spiro atoms. The third-order valence-electron chi connectivity index (χ3n) is 3.39. The fraction of sp³-hybridized carbons (Fsp3) is 0.600. The van der Waals surface area contributed by atoms with Gasteiger partial charge in [-0.15, -0.1) is 0 Å². The van der Waals surface area contributed by atoms with Crippen molar-refractivity contribution in [2.75, 3.05) is 11.1 Å². The van der Waals surface area contributed by atoms with E-state index in [4.69, 9.17) is 0 Å². The molecule has 0 radical (unpaired) electrons. The van der Waals surface area contributed by atoms with Gasteiger partial charge in [0.05, 0.1) is 11.0 Å². The van der Waals surface area contributed by atoms with Crippen LogP contribution in [0.3, 0.4) is 0 Å². The molecule has 1 aromatic carbocycles. The number of benzene rings is 1. The maximum Gasteiger partial charge on any atom is 0.152 e. The first-order valence-electron chi connectivity index (χ1n) is 6.68. The average Bonchev–Trinajstić information content (AvgIpc) is 2.36. The Balaban J connectivity index is 2.57. The summed E-state index contributed by atoms with van der Waals surface area (Å²) in [5, 5.41) is 0.567. The van der Waals surface area contributed by atoms with Crippen molar-refractivity contribution in [3.63, 3.8) is 0 Å². The molecule has 1 rings (SSSR count). The minimum atomic E-state index is -2.92. The second-order valence-electron chi connectivity index (χ2n) is 5.41. The summed E-state index contributed by atoms with van der Waals surface area (Å²) in [7, 11) is -2.92. The van der Waals surface area contributed by atoms with Gasteiger partial charge in [0, 0.05) is 5.33 Å². The van der Waals surface area contributed by atoms with Gasteiger partial charge in [0.1, 0.15) is 0 Å². The average molecular weight is 347 g/mol. The molecule has 108 valence electrons. The number of hydrogen-bond donors (Lipinski definition) is 0. The molecule has 0 heterocycles. The predicted octanol–water partition coefficient (Wildman–Crippen LogP) is 3.76. The number of halogens is 1. The minimum Gasteiger partial charge on any atom is -0.229 e. The Labute approximate surface area is 125 Å². The molecule has 0 aliphatic rings. The SMILES string of the molecule is Cc1ccc(CC(CBr)CCS(=O)(=O)C(C)C)cc1. The maximum atomic E-state index is 11.8. The topological polar surface area (TPSA) is 34.1 Å². The van der Waals surface area contributed by atoms with E-state index in [1.165, 1.54) is 11.1 Å². The second-order valence-corrected chi connectivity index (χ2v) is 8.74. The van der Waals surface area contributed by atoms with Gasteiger partial charge < -0.3 is 0 Å². The first-order chi connectivity index (χ1) is 8.85. The van der Waals surface area contributed by atoms with Gasteiger partial charge in [0.15, 0.2) is 9.84 Å². The monoisotopic (exact) mass is 346 g/mol. The van der Waals surface area contributed by atoms with Crippen LogP contribution < -0.4 is 0 Å². The maximum absolute atomic E-state index is 11.8. The zero-order chi connectivity index (χ0) is 14.5. The lowest BCUT2D eigenvalue weighted by molar-refractivity contribution is 0.548. The summed E-state index contributed by atoms with van der Waals surface area (Å²) in [6.45, 7) is 5.57. The van der Waals surface area contributed by atoms with Crippen molar-refractivity contribution >= 4 is 25.8 Å². The molecule has 0 N–H and O–H groups in total. The highest BCUT2D eigenvalue weighted by molar-refractivity contribution is 9.09. The second kappa shape index (κ2) is 7.44. The number of aryl methyl sites for hydroxylation is 1. The van der Waals surface area contributed by atoms with Crippen molar-refractivity contribution in [1.29, 1.82) is 0 Å². The summed E-state index contributed by atoms with van der Waals surface area (Å²) in [5.41, 5.74) is 2.53. The van der Waals surface area contributed by atoms with Crippen LogP contribution in [0, 0.1) is 12.8 Å². The lowest BCUT2D eigenvalue weighted by atomic mass is 9.98. The highest BCUT2D eigenvalue weighted by Gasteiger charge is 2.18. The van der Waals surface area contributed by atoms with Crippen LogP contribution in [0.1, 0.15) is 31.4 Å². The first-order valence-corrected chi connectivity index (χ1v) is 9.52. The minimum absolute atomic E-state index is 0.275. The van der Waals surface area contributed by atoms with E-state index in [0.717, 1.165) is 18.2 Å². The molecule has 4 heteroatoms. The molecule has 0 fully saturated rings. The Morgan fingerprint density at radius 2 is 1.74 bits per heavy atom. The summed E-state index contributed by atoms with van der Waals surface area (Å²) in [6, 6.07) is 8.46. The highest BCUT2D eigenvalue weighted by atomic mass is 79.9. The zero-order valence-corrected chi connectivity index (χ0v) is 14.3. The predicted molar refractivity (Wildman–Crippen MR) is 85.7 cm³/mol. The Hall–Kier alpha value is -0.350. The van der Waals surface area contributed by atoms with E-state index < -0.39 is 9.84 Å². The van der Waals surface area contributed by atoms with Gasteiger partial charge in [-0.05, 0) is 45.1 Å². The van der Waals surface area contributed by atoms with Crippen LogP contribution in [-0.2, 0) is 16.3 Å². The van der Waals surface area contributed by atoms with Crippen LogP contribution >= 0.6 is 15.9 Å². The molecule has 19 heavy (non-hydrogen) atoms.